The summed E-state index contributed by atoms with van der Waals surface area (Å²) in [5.41, 5.74) is 0.339. The number of nitrogens with zero attached hydrogens (tertiary/aromatic N) is 3. The summed E-state index contributed by atoms with van der Waals surface area (Å²) >= 11 is 0. The molecule has 0 saturated carbocycles. The maximum Gasteiger partial charge on any atom is 0.193 e. The fourth-order valence-corrected chi connectivity index (χ4v) is 2.46. The Morgan fingerprint density at radius 1 is 1.23 bits per heavy atom. The van der Waals surface area contributed by atoms with Crippen molar-refractivity contribution in [2.24, 2.45) is 4.99 Å². The molecular weight excluding hydrogens is 401 g/mol. The number of hydrogen-bond acceptors (Lipinski definition) is 2. The van der Waals surface area contributed by atoms with Crippen molar-refractivity contribution in [1.29, 1.82) is 0 Å². The third-order valence-corrected chi connectivity index (χ3v) is 3.57. The maximum atomic E-state index is 13.8. The summed E-state index contributed by atoms with van der Waals surface area (Å²) in [6, 6.07) is 3.58. The van der Waals surface area contributed by atoms with Crippen LogP contribution in [0.15, 0.2) is 23.2 Å². The summed E-state index contributed by atoms with van der Waals surface area (Å²) < 4.78 is 27.1. The molecule has 4 nitrogen and oxygen atoms in total. The van der Waals surface area contributed by atoms with Crippen LogP contribution >= 0.6 is 24.0 Å². The molecule has 1 N–H and O–H groups in total. The number of benzene rings is 1. The van der Waals surface area contributed by atoms with E-state index in [1.54, 1.807) is 7.05 Å². The highest BCUT2D eigenvalue weighted by Gasteiger charge is 2.21. The van der Waals surface area contributed by atoms with Crippen molar-refractivity contribution in [3.05, 3.63) is 29.8 Å². The van der Waals surface area contributed by atoms with Crippen molar-refractivity contribution in [3.8, 4) is 0 Å². The van der Waals surface area contributed by atoms with Gasteiger partial charge in [-0.05, 0) is 18.6 Å². The van der Waals surface area contributed by atoms with Crippen LogP contribution in [0, 0.1) is 11.6 Å². The van der Waals surface area contributed by atoms with E-state index in [-0.39, 0.29) is 29.8 Å². The molecule has 22 heavy (non-hydrogen) atoms. The third kappa shape index (κ3) is 4.69. The lowest BCUT2D eigenvalue weighted by atomic mass is 10.2. The second-order valence-electron chi connectivity index (χ2n) is 5.04. The van der Waals surface area contributed by atoms with Crippen molar-refractivity contribution < 1.29 is 8.78 Å². The number of hydrogen-bond donors (Lipinski definition) is 1. The lowest BCUT2D eigenvalue weighted by Gasteiger charge is -2.37. The van der Waals surface area contributed by atoms with Gasteiger partial charge in [-0.15, -0.1) is 24.0 Å². The summed E-state index contributed by atoms with van der Waals surface area (Å²) in [7, 11) is 1.76. The Balaban J connectivity index is 0.00000242. The highest BCUT2D eigenvalue weighted by molar-refractivity contribution is 14.0. The van der Waals surface area contributed by atoms with E-state index >= 15 is 0 Å². The van der Waals surface area contributed by atoms with Crippen LogP contribution in [-0.2, 0) is 0 Å². The molecule has 1 saturated heterocycles. The van der Waals surface area contributed by atoms with E-state index in [0.29, 0.717) is 18.8 Å². The van der Waals surface area contributed by atoms with E-state index in [1.807, 2.05) is 4.90 Å². The van der Waals surface area contributed by atoms with Gasteiger partial charge < -0.3 is 15.1 Å². The predicted molar refractivity (Wildman–Crippen MR) is 97.2 cm³/mol. The van der Waals surface area contributed by atoms with Gasteiger partial charge in [-0.25, -0.2) is 8.78 Å². The van der Waals surface area contributed by atoms with E-state index in [9.17, 15) is 8.78 Å². The molecule has 0 aliphatic carbocycles. The molecular formula is C15H23F2IN4. The minimum atomic E-state index is -0.408. The van der Waals surface area contributed by atoms with E-state index in [0.717, 1.165) is 38.1 Å². The first-order valence-corrected chi connectivity index (χ1v) is 7.31. The maximum absolute atomic E-state index is 13.8. The Hall–Kier alpha value is -1.12. The minimum Gasteiger partial charge on any atom is -0.366 e. The number of aliphatic imine (C=N–C) groups is 1. The quantitative estimate of drug-likeness (QED) is 0.460. The predicted octanol–water partition coefficient (Wildman–Crippen LogP) is 2.69. The van der Waals surface area contributed by atoms with Crippen LogP contribution in [0.1, 0.15) is 13.3 Å². The number of piperazine rings is 1. The number of rotatable bonds is 3. The van der Waals surface area contributed by atoms with Crippen molar-refractivity contribution in [2.45, 2.75) is 13.3 Å². The molecule has 2 rings (SSSR count). The average Bonchev–Trinajstić information content (AvgIpc) is 2.51. The van der Waals surface area contributed by atoms with Crippen molar-refractivity contribution >= 4 is 35.6 Å². The Labute approximate surface area is 147 Å². The molecule has 0 bridgehead atoms. The summed E-state index contributed by atoms with van der Waals surface area (Å²) in [6.07, 6.45) is 1.04. The van der Waals surface area contributed by atoms with Crippen LogP contribution in [0.5, 0.6) is 0 Å². The van der Waals surface area contributed by atoms with Crippen molar-refractivity contribution in [2.75, 3.05) is 44.7 Å². The van der Waals surface area contributed by atoms with Crippen LogP contribution in [0.25, 0.3) is 0 Å². The number of guanidine groups is 1. The van der Waals surface area contributed by atoms with E-state index in [4.69, 9.17) is 0 Å². The fraction of sp³-hybridized carbons (Fsp3) is 0.533. The molecule has 0 atom stereocenters. The van der Waals surface area contributed by atoms with Crippen molar-refractivity contribution in [1.82, 2.24) is 10.2 Å². The Morgan fingerprint density at radius 3 is 2.50 bits per heavy atom. The zero-order valence-electron chi connectivity index (χ0n) is 13.0. The molecule has 0 unspecified atom stereocenters. The summed E-state index contributed by atoms with van der Waals surface area (Å²) in [4.78, 5) is 8.28. The molecule has 0 aromatic heterocycles. The monoisotopic (exact) mass is 424 g/mol. The smallest absolute Gasteiger partial charge is 0.193 e. The lowest BCUT2D eigenvalue weighted by Crippen LogP contribution is -2.52. The van der Waals surface area contributed by atoms with E-state index in [2.05, 4.69) is 22.1 Å². The molecule has 1 heterocycles. The minimum absolute atomic E-state index is 0. The van der Waals surface area contributed by atoms with E-state index < -0.39 is 5.82 Å². The Bertz CT molecular complexity index is 502. The normalized spacial score (nSPS) is 15.5. The molecule has 124 valence electrons. The Kier molecular flexibility index (Phi) is 7.84. The van der Waals surface area contributed by atoms with Crippen molar-refractivity contribution in [3.63, 3.8) is 0 Å². The van der Waals surface area contributed by atoms with Gasteiger partial charge in [0.15, 0.2) is 5.96 Å². The molecule has 1 fully saturated rings. The number of nitrogens with one attached hydrogen (secondary N) is 1. The summed E-state index contributed by atoms with van der Waals surface area (Å²) in [5.74, 6) is 0.0869. The van der Waals surface area contributed by atoms with Gasteiger partial charge in [-0.3, -0.25) is 4.99 Å². The number of halogens is 3. The van der Waals surface area contributed by atoms with Gasteiger partial charge in [0.25, 0.3) is 0 Å². The zero-order valence-corrected chi connectivity index (χ0v) is 15.3. The third-order valence-electron chi connectivity index (χ3n) is 3.57. The zero-order chi connectivity index (χ0) is 15.2. The van der Waals surface area contributed by atoms with E-state index in [1.165, 1.54) is 12.1 Å². The van der Waals surface area contributed by atoms with Gasteiger partial charge in [0.1, 0.15) is 11.6 Å². The molecule has 7 heteroatoms. The van der Waals surface area contributed by atoms with Crippen LogP contribution < -0.4 is 10.2 Å². The van der Waals surface area contributed by atoms with Crippen LogP contribution in [-0.4, -0.2) is 50.6 Å². The topological polar surface area (TPSA) is 30.9 Å². The average molecular weight is 424 g/mol. The van der Waals surface area contributed by atoms with Gasteiger partial charge in [-0.1, -0.05) is 6.92 Å². The van der Waals surface area contributed by atoms with Gasteiger partial charge in [0.2, 0.25) is 0 Å². The molecule has 1 aliphatic heterocycles. The molecule has 0 radical (unpaired) electrons. The van der Waals surface area contributed by atoms with Gasteiger partial charge in [-0.2, -0.15) is 0 Å². The fourth-order valence-electron chi connectivity index (χ4n) is 2.46. The molecule has 1 aromatic rings. The van der Waals surface area contributed by atoms with Gasteiger partial charge in [0.05, 0.1) is 5.69 Å². The van der Waals surface area contributed by atoms with Gasteiger partial charge >= 0.3 is 0 Å². The molecule has 0 amide bonds. The standard InChI is InChI=1S/C15H22F2N4.HI/c1-3-6-19-15(18-2)21-9-7-20(8-10-21)14-11-12(16)4-5-13(14)17;/h4-5,11H,3,6-10H2,1-2H3,(H,18,19);1H. The Morgan fingerprint density at radius 2 is 1.91 bits per heavy atom. The number of anilines is 1. The second kappa shape index (κ2) is 9.12. The molecule has 1 aromatic carbocycles. The van der Waals surface area contributed by atoms with Crippen LogP contribution in [0.3, 0.4) is 0 Å². The first-order chi connectivity index (χ1) is 10.2. The second-order valence-corrected chi connectivity index (χ2v) is 5.04. The highest BCUT2D eigenvalue weighted by Crippen LogP contribution is 2.21. The van der Waals surface area contributed by atoms with Gasteiger partial charge in [0, 0.05) is 45.8 Å². The van der Waals surface area contributed by atoms with Crippen LogP contribution in [0.4, 0.5) is 14.5 Å². The lowest BCUT2D eigenvalue weighted by molar-refractivity contribution is 0.370. The first kappa shape index (κ1) is 18.9. The molecule has 0 spiro atoms. The SMILES string of the molecule is CCCNC(=NC)N1CCN(c2cc(F)ccc2F)CC1.I. The largest absolute Gasteiger partial charge is 0.366 e. The summed E-state index contributed by atoms with van der Waals surface area (Å²) in [5, 5.41) is 3.29. The first-order valence-electron chi connectivity index (χ1n) is 7.31. The van der Waals surface area contributed by atoms with Crippen LogP contribution in [0.2, 0.25) is 0 Å². The summed E-state index contributed by atoms with van der Waals surface area (Å²) in [6.45, 7) is 5.75. The highest BCUT2D eigenvalue weighted by atomic mass is 127. The molecule has 1 aliphatic rings.